The van der Waals surface area contributed by atoms with Gasteiger partial charge in [-0.25, -0.2) is 0 Å². The third-order valence-electron chi connectivity index (χ3n) is 4.62. The molecule has 0 aliphatic heterocycles. The molecule has 0 aliphatic rings. The zero-order chi connectivity index (χ0) is 23.1. The number of halogens is 2. The first-order valence-corrected chi connectivity index (χ1v) is 11.1. The molecule has 0 fully saturated rings. The van der Waals surface area contributed by atoms with Crippen LogP contribution >= 0.6 is 11.8 Å². The highest BCUT2D eigenvalue weighted by Gasteiger charge is 2.15. The van der Waals surface area contributed by atoms with E-state index in [9.17, 15) is 13.6 Å². The number of alkyl halides is 2. The molecule has 6 nitrogen and oxygen atoms in total. The Bertz CT molecular complexity index is 1020. The molecule has 170 valence electrons. The van der Waals surface area contributed by atoms with Crippen LogP contribution in [0.2, 0.25) is 0 Å². The van der Waals surface area contributed by atoms with Gasteiger partial charge in [0.2, 0.25) is 11.8 Å². The summed E-state index contributed by atoms with van der Waals surface area (Å²) in [6, 6.07) is 14.3. The lowest BCUT2D eigenvalue weighted by molar-refractivity contribution is -0.118. The Hall–Kier alpha value is -2.94. The van der Waals surface area contributed by atoms with Crippen molar-refractivity contribution in [2.75, 3.05) is 12.3 Å². The molecule has 1 aromatic heterocycles. The first-order valence-electron chi connectivity index (χ1n) is 10.1. The second-order valence-corrected chi connectivity index (χ2v) is 9.04. The van der Waals surface area contributed by atoms with Gasteiger partial charge in [-0.2, -0.15) is 8.78 Å². The fraction of sp³-hybridized carbons (Fsp3) is 0.348. The standard InChI is InChI=1S/C23H25F2N3O3S/c1-23(2,3)17-8-6-16(7-9-17)20-27-28-22(31-20)32-14-19(29)26-13-12-15-4-10-18(11-5-15)30-21(24)25/h4-11,21H,12-14H2,1-3H3,(H,26,29). The number of aromatic nitrogens is 2. The van der Waals surface area contributed by atoms with Crippen LogP contribution in [0, 0.1) is 0 Å². The predicted molar refractivity (Wildman–Crippen MR) is 119 cm³/mol. The second kappa shape index (κ2) is 10.6. The van der Waals surface area contributed by atoms with Gasteiger partial charge in [0.1, 0.15) is 5.75 Å². The molecule has 0 unspecified atom stereocenters. The highest BCUT2D eigenvalue weighted by molar-refractivity contribution is 7.99. The number of ether oxygens (including phenoxy) is 1. The maximum Gasteiger partial charge on any atom is 0.387 e. The van der Waals surface area contributed by atoms with Gasteiger partial charge in [0.25, 0.3) is 5.22 Å². The number of benzene rings is 2. The van der Waals surface area contributed by atoms with Gasteiger partial charge in [0, 0.05) is 12.1 Å². The molecule has 0 saturated heterocycles. The molecule has 0 bridgehead atoms. The molecule has 9 heteroatoms. The number of thioether (sulfide) groups is 1. The largest absolute Gasteiger partial charge is 0.435 e. The molecule has 1 N–H and O–H groups in total. The van der Waals surface area contributed by atoms with Crippen molar-refractivity contribution in [2.24, 2.45) is 0 Å². The minimum absolute atomic E-state index is 0.0634. The maximum absolute atomic E-state index is 12.2. The van der Waals surface area contributed by atoms with E-state index in [-0.39, 0.29) is 22.8 Å². The lowest BCUT2D eigenvalue weighted by Crippen LogP contribution is -2.27. The SMILES string of the molecule is CC(C)(C)c1ccc(-c2nnc(SCC(=O)NCCc3ccc(OC(F)F)cc3)o2)cc1. The van der Waals surface area contributed by atoms with Gasteiger partial charge in [-0.05, 0) is 47.2 Å². The summed E-state index contributed by atoms with van der Waals surface area (Å²) in [4.78, 5) is 12.1. The quantitative estimate of drug-likeness (QED) is 0.448. The van der Waals surface area contributed by atoms with Crippen LogP contribution in [0.5, 0.6) is 5.75 Å². The molecule has 1 heterocycles. The Balaban J connectivity index is 1.42. The minimum atomic E-state index is -2.85. The lowest BCUT2D eigenvalue weighted by atomic mass is 9.87. The maximum atomic E-state index is 12.2. The molecule has 1 amide bonds. The van der Waals surface area contributed by atoms with Crippen molar-refractivity contribution >= 4 is 17.7 Å². The number of nitrogens with one attached hydrogen (secondary N) is 1. The summed E-state index contributed by atoms with van der Waals surface area (Å²) in [5.41, 5.74) is 3.00. The lowest BCUT2D eigenvalue weighted by Gasteiger charge is -2.18. The molecule has 0 radical (unpaired) electrons. The van der Waals surface area contributed by atoms with Crippen molar-refractivity contribution in [3.05, 3.63) is 59.7 Å². The average Bonchev–Trinajstić information content (AvgIpc) is 3.22. The van der Waals surface area contributed by atoms with Crippen molar-refractivity contribution in [2.45, 2.75) is 44.4 Å². The van der Waals surface area contributed by atoms with Gasteiger partial charge in [-0.3, -0.25) is 4.79 Å². The monoisotopic (exact) mass is 461 g/mol. The fourth-order valence-electron chi connectivity index (χ4n) is 2.86. The van der Waals surface area contributed by atoms with Crippen molar-refractivity contribution < 1.29 is 22.7 Å². The smallest absolute Gasteiger partial charge is 0.387 e. The van der Waals surface area contributed by atoms with Crippen LogP contribution in [0.3, 0.4) is 0 Å². The Morgan fingerprint density at radius 3 is 2.41 bits per heavy atom. The third kappa shape index (κ3) is 7.05. The van der Waals surface area contributed by atoms with Crippen LogP contribution in [-0.4, -0.2) is 35.0 Å². The number of amides is 1. The molecular formula is C23H25F2N3O3S. The van der Waals surface area contributed by atoms with Gasteiger partial charge < -0.3 is 14.5 Å². The minimum Gasteiger partial charge on any atom is -0.435 e. The second-order valence-electron chi connectivity index (χ2n) is 8.11. The third-order valence-corrected chi connectivity index (χ3v) is 5.43. The molecule has 2 aromatic carbocycles. The van der Waals surface area contributed by atoms with Crippen LogP contribution in [0.25, 0.3) is 11.5 Å². The van der Waals surface area contributed by atoms with Gasteiger partial charge in [0.05, 0.1) is 5.75 Å². The van der Waals surface area contributed by atoms with E-state index >= 15 is 0 Å². The van der Waals surface area contributed by atoms with Crippen molar-refractivity contribution in [3.8, 4) is 17.2 Å². The van der Waals surface area contributed by atoms with E-state index in [1.54, 1.807) is 12.1 Å². The van der Waals surface area contributed by atoms with Gasteiger partial charge in [-0.15, -0.1) is 10.2 Å². The van der Waals surface area contributed by atoms with E-state index in [0.717, 1.165) is 11.1 Å². The predicted octanol–water partition coefficient (Wildman–Crippen LogP) is 5.09. The van der Waals surface area contributed by atoms with Crippen molar-refractivity contribution in [1.82, 2.24) is 15.5 Å². The number of hydrogen-bond donors (Lipinski definition) is 1. The van der Waals surface area contributed by atoms with E-state index in [4.69, 9.17) is 4.42 Å². The van der Waals surface area contributed by atoms with Gasteiger partial charge in [-0.1, -0.05) is 56.8 Å². The van der Waals surface area contributed by atoms with Gasteiger partial charge >= 0.3 is 6.61 Å². The highest BCUT2D eigenvalue weighted by atomic mass is 32.2. The van der Waals surface area contributed by atoms with Crippen LogP contribution < -0.4 is 10.1 Å². The molecule has 3 aromatic rings. The first kappa shape index (κ1) is 23.7. The topological polar surface area (TPSA) is 77.2 Å². The van der Waals surface area contributed by atoms with Crippen LogP contribution in [0.15, 0.2) is 58.2 Å². The number of hydrogen-bond acceptors (Lipinski definition) is 6. The summed E-state index contributed by atoms with van der Waals surface area (Å²) >= 11 is 1.17. The number of carbonyl (C=O) groups is 1. The molecule has 0 atom stereocenters. The van der Waals surface area contributed by atoms with Gasteiger partial charge in [0.15, 0.2) is 0 Å². The highest BCUT2D eigenvalue weighted by Crippen LogP contribution is 2.27. The Morgan fingerprint density at radius 1 is 1.09 bits per heavy atom. The Kier molecular flexibility index (Phi) is 7.84. The van der Waals surface area contributed by atoms with Crippen LogP contribution in [-0.2, 0) is 16.6 Å². The first-order chi connectivity index (χ1) is 15.2. The summed E-state index contributed by atoms with van der Waals surface area (Å²) in [5, 5.41) is 11.2. The van der Waals surface area contributed by atoms with Crippen molar-refractivity contribution in [3.63, 3.8) is 0 Å². The van der Waals surface area contributed by atoms with E-state index < -0.39 is 6.61 Å². The van der Waals surface area contributed by atoms with E-state index in [1.807, 2.05) is 24.3 Å². The Labute approximate surface area is 189 Å². The summed E-state index contributed by atoms with van der Waals surface area (Å²) in [6.07, 6.45) is 0.570. The zero-order valence-corrected chi connectivity index (χ0v) is 18.9. The number of nitrogens with zero attached hydrogens (tertiary/aromatic N) is 2. The van der Waals surface area contributed by atoms with Crippen LogP contribution in [0.4, 0.5) is 8.78 Å². The summed E-state index contributed by atoms with van der Waals surface area (Å²) in [7, 11) is 0. The number of rotatable bonds is 9. The summed E-state index contributed by atoms with van der Waals surface area (Å²) in [5.74, 6) is 0.494. The zero-order valence-electron chi connectivity index (χ0n) is 18.1. The van der Waals surface area contributed by atoms with E-state index in [2.05, 4.69) is 41.0 Å². The average molecular weight is 462 g/mol. The molecule has 32 heavy (non-hydrogen) atoms. The molecular weight excluding hydrogens is 436 g/mol. The van der Waals surface area contributed by atoms with E-state index in [0.29, 0.717) is 24.1 Å². The summed E-state index contributed by atoms with van der Waals surface area (Å²) < 4.78 is 34.3. The molecule has 0 saturated carbocycles. The summed E-state index contributed by atoms with van der Waals surface area (Å²) in [6.45, 7) is 4.02. The molecule has 0 spiro atoms. The number of carbonyl (C=O) groups excluding carboxylic acids is 1. The molecule has 0 aliphatic carbocycles. The van der Waals surface area contributed by atoms with Crippen LogP contribution in [0.1, 0.15) is 31.9 Å². The molecule has 3 rings (SSSR count). The normalized spacial score (nSPS) is 11.6. The van der Waals surface area contributed by atoms with E-state index in [1.165, 1.54) is 29.5 Å². The fourth-order valence-corrected chi connectivity index (χ4v) is 3.45. The Morgan fingerprint density at radius 2 is 1.78 bits per heavy atom. The van der Waals surface area contributed by atoms with Crippen molar-refractivity contribution in [1.29, 1.82) is 0 Å².